The highest BCUT2D eigenvalue weighted by molar-refractivity contribution is 5.74. The number of amides is 2. The van der Waals surface area contributed by atoms with Crippen molar-refractivity contribution in [3.63, 3.8) is 0 Å². The van der Waals surface area contributed by atoms with Gasteiger partial charge in [-0.3, -0.25) is 0 Å². The maximum atomic E-state index is 12.3. The molecule has 3 rings (SSSR count). The Kier molecular flexibility index (Phi) is 6.23. The Labute approximate surface area is 160 Å². The predicted octanol–water partition coefficient (Wildman–Crippen LogP) is 3.74. The van der Waals surface area contributed by atoms with Crippen LogP contribution in [0.5, 0.6) is 11.6 Å². The fourth-order valence-electron chi connectivity index (χ4n) is 2.86. The van der Waals surface area contributed by atoms with Crippen molar-refractivity contribution in [1.29, 1.82) is 0 Å². The van der Waals surface area contributed by atoms with Gasteiger partial charge in [0.15, 0.2) is 6.61 Å². The molecule has 2 amide bonds. The van der Waals surface area contributed by atoms with Gasteiger partial charge in [-0.05, 0) is 30.5 Å². The molecule has 0 saturated heterocycles. The number of hydrogen-bond donors (Lipinski definition) is 2. The summed E-state index contributed by atoms with van der Waals surface area (Å²) < 4.78 is 47.0. The second kappa shape index (κ2) is 8.81. The standard InChI is InChI=1S/C19H20F3N3O3/c20-19(21,22)12-28-17-10-13(7-8-23-17)11-24-18(26)25-15-5-3-9-27-16-6-2-1-4-14(15)16/h1-2,4,6-8,10,15H,3,5,9,11-12H2,(H2,24,25,26). The van der Waals surface area contributed by atoms with Crippen LogP contribution in [0.1, 0.15) is 30.0 Å². The number of alkyl halides is 3. The third-order valence-corrected chi connectivity index (χ3v) is 4.13. The Morgan fingerprint density at radius 3 is 2.93 bits per heavy atom. The number of ether oxygens (including phenoxy) is 2. The summed E-state index contributed by atoms with van der Waals surface area (Å²) in [5.74, 6) is 0.609. The van der Waals surface area contributed by atoms with Crippen molar-refractivity contribution < 1.29 is 27.4 Å². The van der Waals surface area contributed by atoms with Gasteiger partial charge in [0.25, 0.3) is 0 Å². The van der Waals surface area contributed by atoms with E-state index in [0.29, 0.717) is 12.2 Å². The predicted molar refractivity (Wildman–Crippen MR) is 95.1 cm³/mol. The summed E-state index contributed by atoms with van der Waals surface area (Å²) in [4.78, 5) is 16.0. The van der Waals surface area contributed by atoms with Crippen LogP contribution in [-0.2, 0) is 6.54 Å². The lowest BCUT2D eigenvalue weighted by Crippen LogP contribution is -2.37. The molecule has 1 aromatic carbocycles. The molecular formula is C19H20F3N3O3. The molecule has 0 fully saturated rings. The zero-order chi connectivity index (χ0) is 20.0. The van der Waals surface area contributed by atoms with Gasteiger partial charge in [0.05, 0.1) is 12.6 Å². The minimum absolute atomic E-state index is 0.127. The molecule has 1 aliphatic rings. The molecule has 2 N–H and O–H groups in total. The monoisotopic (exact) mass is 395 g/mol. The summed E-state index contributed by atoms with van der Waals surface area (Å²) in [6.07, 6.45) is -1.55. The average molecular weight is 395 g/mol. The van der Waals surface area contributed by atoms with Gasteiger partial charge in [-0.2, -0.15) is 13.2 Å². The Morgan fingerprint density at radius 2 is 2.11 bits per heavy atom. The molecule has 0 radical (unpaired) electrons. The molecular weight excluding hydrogens is 375 g/mol. The highest BCUT2D eigenvalue weighted by Gasteiger charge is 2.28. The largest absolute Gasteiger partial charge is 0.493 e. The van der Waals surface area contributed by atoms with Crippen LogP contribution in [0.4, 0.5) is 18.0 Å². The Balaban J connectivity index is 1.55. The molecule has 2 heterocycles. The van der Waals surface area contributed by atoms with Crippen molar-refractivity contribution >= 4 is 6.03 Å². The smallest absolute Gasteiger partial charge is 0.422 e. The minimum atomic E-state index is -4.44. The van der Waals surface area contributed by atoms with E-state index >= 15 is 0 Å². The number of carbonyl (C=O) groups excluding carboxylic acids is 1. The summed E-state index contributed by atoms with van der Waals surface area (Å²) in [5, 5.41) is 5.62. The second-order valence-corrected chi connectivity index (χ2v) is 6.31. The zero-order valence-corrected chi connectivity index (χ0v) is 15.0. The Bertz CT molecular complexity index is 814. The lowest BCUT2D eigenvalue weighted by atomic mass is 10.0. The molecule has 28 heavy (non-hydrogen) atoms. The number of pyridine rings is 1. The quantitative estimate of drug-likeness (QED) is 0.809. The maximum absolute atomic E-state index is 12.3. The van der Waals surface area contributed by atoms with Gasteiger partial charge in [-0.1, -0.05) is 18.2 Å². The third kappa shape index (κ3) is 5.77. The van der Waals surface area contributed by atoms with E-state index < -0.39 is 12.8 Å². The van der Waals surface area contributed by atoms with Crippen molar-refractivity contribution in [3.8, 4) is 11.6 Å². The van der Waals surface area contributed by atoms with Gasteiger partial charge in [0.1, 0.15) is 5.75 Å². The molecule has 0 bridgehead atoms. The first-order valence-electron chi connectivity index (χ1n) is 8.81. The van der Waals surface area contributed by atoms with Gasteiger partial charge >= 0.3 is 12.2 Å². The van der Waals surface area contributed by atoms with E-state index in [1.165, 1.54) is 12.3 Å². The fourth-order valence-corrected chi connectivity index (χ4v) is 2.86. The second-order valence-electron chi connectivity index (χ2n) is 6.31. The number of para-hydroxylation sites is 1. The molecule has 2 aromatic rings. The summed E-state index contributed by atoms with van der Waals surface area (Å²) in [5.41, 5.74) is 1.49. The van der Waals surface area contributed by atoms with E-state index in [9.17, 15) is 18.0 Å². The maximum Gasteiger partial charge on any atom is 0.422 e. The fraction of sp³-hybridized carbons (Fsp3) is 0.368. The summed E-state index contributed by atoms with van der Waals surface area (Å²) in [7, 11) is 0. The number of carbonyl (C=O) groups is 1. The first-order chi connectivity index (χ1) is 13.4. The molecule has 0 aliphatic carbocycles. The van der Waals surface area contributed by atoms with Crippen molar-refractivity contribution in [2.24, 2.45) is 0 Å². The number of nitrogens with one attached hydrogen (secondary N) is 2. The highest BCUT2D eigenvalue weighted by atomic mass is 19.4. The number of urea groups is 1. The molecule has 9 heteroatoms. The number of fused-ring (bicyclic) bond motifs is 1. The summed E-state index contributed by atoms with van der Waals surface area (Å²) >= 11 is 0. The molecule has 150 valence electrons. The van der Waals surface area contributed by atoms with Crippen molar-refractivity contribution in [3.05, 3.63) is 53.7 Å². The molecule has 1 unspecified atom stereocenters. The summed E-state index contributed by atoms with van der Waals surface area (Å²) in [6, 6.07) is 9.95. The molecule has 6 nitrogen and oxygen atoms in total. The number of halogens is 3. The van der Waals surface area contributed by atoms with E-state index in [1.807, 2.05) is 24.3 Å². The average Bonchev–Trinajstić information content (AvgIpc) is 2.87. The van der Waals surface area contributed by atoms with Crippen molar-refractivity contribution in [2.75, 3.05) is 13.2 Å². The van der Waals surface area contributed by atoms with Crippen LogP contribution in [0.25, 0.3) is 0 Å². The minimum Gasteiger partial charge on any atom is -0.493 e. The third-order valence-electron chi connectivity index (χ3n) is 4.13. The highest BCUT2D eigenvalue weighted by Crippen LogP contribution is 2.31. The van der Waals surface area contributed by atoms with E-state index in [-0.39, 0.29) is 24.5 Å². The number of benzene rings is 1. The number of hydrogen-bond acceptors (Lipinski definition) is 4. The Hall–Kier alpha value is -2.97. The van der Waals surface area contributed by atoms with E-state index in [4.69, 9.17) is 4.74 Å². The molecule has 0 spiro atoms. The lowest BCUT2D eigenvalue weighted by molar-refractivity contribution is -0.154. The number of nitrogens with zero attached hydrogens (tertiary/aromatic N) is 1. The van der Waals surface area contributed by atoms with Gasteiger partial charge in [0, 0.05) is 24.4 Å². The van der Waals surface area contributed by atoms with Crippen LogP contribution in [0.2, 0.25) is 0 Å². The van der Waals surface area contributed by atoms with Crippen LogP contribution >= 0.6 is 0 Å². The van der Waals surface area contributed by atoms with Crippen molar-refractivity contribution in [1.82, 2.24) is 15.6 Å². The topological polar surface area (TPSA) is 72.5 Å². The molecule has 1 aromatic heterocycles. The Morgan fingerprint density at radius 1 is 1.29 bits per heavy atom. The van der Waals surface area contributed by atoms with Crippen LogP contribution in [-0.4, -0.2) is 30.4 Å². The number of rotatable bonds is 5. The lowest BCUT2D eigenvalue weighted by Gasteiger charge is -2.18. The zero-order valence-electron chi connectivity index (χ0n) is 15.0. The first-order valence-corrected chi connectivity index (χ1v) is 8.81. The normalized spacial score (nSPS) is 16.3. The number of aromatic nitrogens is 1. The molecule has 1 aliphatic heterocycles. The van der Waals surface area contributed by atoms with E-state index in [1.54, 1.807) is 6.07 Å². The van der Waals surface area contributed by atoms with E-state index in [2.05, 4.69) is 20.4 Å². The molecule has 1 atom stereocenters. The van der Waals surface area contributed by atoms with Crippen LogP contribution in [0.3, 0.4) is 0 Å². The van der Waals surface area contributed by atoms with Crippen LogP contribution in [0, 0.1) is 0 Å². The van der Waals surface area contributed by atoms with Gasteiger partial charge in [-0.15, -0.1) is 0 Å². The van der Waals surface area contributed by atoms with Gasteiger partial charge in [0.2, 0.25) is 5.88 Å². The van der Waals surface area contributed by atoms with E-state index in [0.717, 1.165) is 24.2 Å². The van der Waals surface area contributed by atoms with Crippen LogP contribution in [0.15, 0.2) is 42.6 Å². The first kappa shape index (κ1) is 19.8. The van der Waals surface area contributed by atoms with Gasteiger partial charge in [-0.25, -0.2) is 9.78 Å². The van der Waals surface area contributed by atoms with Crippen LogP contribution < -0.4 is 20.1 Å². The summed E-state index contributed by atoms with van der Waals surface area (Å²) in [6.45, 7) is -0.698. The van der Waals surface area contributed by atoms with Crippen molar-refractivity contribution in [2.45, 2.75) is 31.6 Å². The SMILES string of the molecule is O=C(NCc1ccnc(OCC(F)(F)F)c1)NC1CCCOc2ccccc21. The molecule has 0 saturated carbocycles. The van der Waals surface area contributed by atoms with Gasteiger partial charge < -0.3 is 20.1 Å².